The molecule has 2 nitrogen and oxygen atoms in total. The van der Waals surface area contributed by atoms with Crippen molar-refractivity contribution in [1.82, 2.24) is 9.97 Å². The molecule has 0 saturated heterocycles. The van der Waals surface area contributed by atoms with Crippen LogP contribution in [0.25, 0.3) is 32.5 Å². The molecule has 0 aliphatic carbocycles. The molecule has 0 amide bonds. The third kappa shape index (κ3) is 3.22. The highest BCUT2D eigenvalue weighted by atomic mass is 32.1. The molecule has 0 aliphatic rings. The van der Waals surface area contributed by atoms with E-state index in [1.165, 1.54) is 33.4 Å². The predicted octanol–water partition coefficient (Wildman–Crippen LogP) is 6.83. The van der Waals surface area contributed by atoms with Gasteiger partial charge in [-0.25, -0.2) is 9.97 Å². The first-order chi connectivity index (χ1) is 12.5. The minimum Gasteiger partial charge on any atom is -0.233 e. The molecular weight excluding hydrogens is 356 g/mol. The van der Waals surface area contributed by atoms with Crippen molar-refractivity contribution in [1.29, 1.82) is 0 Å². The number of hydrogen-bond donors (Lipinski definition) is 0. The fraction of sp³-hybridized carbons (Fsp3) is 0.182. The van der Waals surface area contributed by atoms with Gasteiger partial charge in [-0.15, -0.1) is 22.7 Å². The van der Waals surface area contributed by atoms with Crippen LogP contribution >= 0.6 is 22.7 Å². The monoisotopic (exact) mass is 376 g/mol. The lowest BCUT2D eigenvalue weighted by molar-refractivity contribution is 1.31. The number of benzene rings is 2. The van der Waals surface area contributed by atoms with Crippen LogP contribution in [0.3, 0.4) is 0 Å². The first-order valence-electron chi connectivity index (χ1n) is 8.58. The third-order valence-corrected chi connectivity index (χ3v) is 6.36. The maximum Gasteiger partial charge on any atom is 0.152 e. The lowest BCUT2D eigenvalue weighted by Crippen LogP contribution is -1.86. The molecule has 130 valence electrons. The summed E-state index contributed by atoms with van der Waals surface area (Å²) >= 11 is 3.33. The van der Waals surface area contributed by atoms with Crippen molar-refractivity contribution < 1.29 is 0 Å². The van der Waals surface area contributed by atoms with Gasteiger partial charge in [0.25, 0.3) is 0 Å². The number of rotatable bonds is 3. The van der Waals surface area contributed by atoms with Gasteiger partial charge in [0.2, 0.25) is 0 Å². The standard InChI is InChI=1S/C22H20N2S2/c1-13-5-7-15(3)17(9-13)19-11-25-21(23-19)22-24-20(12-26-22)18-10-14(2)6-8-16(18)4/h5-12H,1-4H3. The second-order valence-corrected chi connectivity index (χ2v) is 8.43. The number of hydrogen-bond acceptors (Lipinski definition) is 4. The van der Waals surface area contributed by atoms with Crippen LogP contribution in [0.2, 0.25) is 0 Å². The molecule has 0 saturated carbocycles. The van der Waals surface area contributed by atoms with Crippen molar-refractivity contribution in [2.45, 2.75) is 27.7 Å². The molecule has 2 aromatic carbocycles. The Bertz CT molecular complexity index is 1000. The summed E-state index contributed by atoms with van der Waals surface area (Å²) in [5.74, 6) is 0. The average Bonchev–Trinajstić information content (AvgIpc) is 3.28. The Morgan fingerprint density at radius 1 is 0.615 bits per heavy atom. The molecule has 0 radical (unpaired) electrons. The lowest BCUT2D eigenvalue weighted by Gasteiger charge is -2.04. The Labute approximate surface area is 162 Å². The van der Waals surface area contributed by atoms with Crippen LogP contribution in [-0.4, -0.2) is 9.97 Å². The fourth-order valence-corrected chi connectivity index (χ4v) is 4.70. The normalized spacial score (nSPS) is 11.1. The van der Waals surface area contributed by atoms with Gasteiger partial charge in [-0.2, -0.15) is 0 Å². The van der Waals surface area contributed by atoms with Crippen LogP contribution < -0.4 is 0 Å². The van der Waals surface area contributed by atoms with Crippen LogP contribution in [0.15, 0.2) is 47.2 Å². The van der Waals surface area contributed by atoms with Gasteiger partial charge in [0.15, 0.2) is 10.0 Å². The number of aromatic nitrogens is 2. The maximum absolute atomic E-state index is 4.87. The van der Waals surface area contributed by atoms with E-state index in [4.69, 9.17) is 9.97 Å². The van der Waals surface area contributed by atoms with Gasteiger partial charge in [0, 0.05) is 21.9 Å². The highest BCUT2D eigenvalue weighted by Crippen LogP contribution is 2.35. The first-order valence-corrected chi connectivity index (χ1v) is 10.3. The van der Waals surface area contributed by atoms with Crippen LogP contribution in [0, 0.1) is 27.7 Å². The smallest absolute Gasteiger partial charge is 0.152 e. The molecule has 0 atom stereocenters. The SMILES string of the molecule is Cc1ccc(C)c(-c2csc(-c3nc(-c4cc(C)ccc4C)cs3)n2)c1. The molecule has 2 aromatic heterocycles. The van der Waals surface area contributed by atoms with Gasteiger partial charge < -0.3 is 0 Å². The zero-order chi connectivity index (χ0) is 18.3. The topological polar surface area (TPSA) is 25.8 Å². The summed E-state index contributed by atoms with van der Waals surface area (Å²) in [4.78, 5) is 9.73. The first kappa shape index (κ1) is 17.1. The third-order valence-electron chi connectivity index (χ3n) is 4.53. The lowest BCUT2D eigenvalue weighted by atomic mass is 10.0. The molecule has 0 aliphatic heterocycles. The van der Waals surface area contributed by atoms with Crippen molar-refractivity contribution in [3.63, 3.8) is 0 Å². The summed E-state index contributed by atoms with van der Waals surface area (Å²) < 4.78 is 0. The molecule has 4 rings (SSSR count). The predicted molar refractivity (Wildman–Crippen MR) is 113 cm³/mol. The van der Waals surface area contributed by atoms with Gasteiger partial charge >= 0.3 is 0 Å². The quantitative estimate of drug-likeness (QED) is 0.391. The summed E-state index contributed by atoms with van der Waals surface area (Å²) in [5, 5.41) is 6.25. The van der Waals surface area contributed by atoms with E-state index in [0.29, 0.717) is 0 Å². The van der Waals surface area contributed by atoms with Gasteiger partial charge in [0.05, 0.1) is 11.4 Å². The Morgan fingerprint density at radius 3 is 1.46 bits per heavy atom. The molecule has 0 unspecified atom stereocenters. The Balaban J connectivity index is 1.70. The van der Waals surface area contributed by atoms with Gasteiger partial charge in [0.1, 0.15) is 0 Å². The van der Waals surface area contributed by atoms with E-state index < -0.39 is 0 Å². The average molecular weight is 377 g/mol. The summed E-state index contributed by atoms with van der Waals surface area (Å²) in [6.45, 7) is 8.51. The molecule has 4 heteroatoms. The molecule has 4 aromatic rings. The number of aryl methyl sites for hydroxylation is 4. The van der Waals surface area contributed by atoms with Crippen LogP contribution in [0.1, 0.15) is 22.3 Å². The molecule has 0 fully saturated rings. The van der Waals surface area contributed by atoms with E-state index >= 15 is 0 Å². The van der Waals surface area contributed by atoms with Crippen LogP contribution in [-0.2, 0) is 0 Å². The van der Waals surface area contributed by atoms with Crippen molar-refractivity contribution in [3.05, 3.63) is 69.4 Å². The zero-order valence-corrected chi connectivity index (χ0v) is 17.0. The second kappa shape index (κ2) is 6.78. The highest BCUT2D eigenvalue weighted by Gasteiger charge is 2.14. The van der Waals surface area contributed by atoms with Crippen LogP contribution in [0.4, 0.5) is 0 Å². The maximum atomic E-state index is 4.87. The minimum absolute atomic E-state index is 0.988. The van der Waals surface area contributed by atoms with E-state index in [2.05, 4.69) is 74.9 Å². The van der Waals surface area contributed by atoms with Gasteiger partial charge in [-0.3, -0.25) is 0 Å². The van der Waals surface area contributed by atoms with E-state index in [0.717, 1.165) is 21.4 Å². The molecule has 0 N–H and O–H groups in total. The van der Waals surface area contributed by atoms with E-state index in [-0.39, 0.29) is 0 Å². The largest absolute Gasteiger partial charge is 0.233 e. The zero-order valence-electron chi connectivity index (χ0n) is 15.3. The second-order valence-electron chi connectivity index (χ2n) is 6.71. The number of thiazole rings is 2. The molecule has 26 heavy (non-hydrogen) atoms. The number of nitrogens with zero attached hydrogens (tertiary/aromatic N) is 2. The van der Waals surface area contributed by atoms with Crippen molar-refractivity contribution in [2.24, 2.45) is 0 Å². The molecule has 2 heterocycles. The Morgan fingerprint density at radius 2 is 1.04 bits per heavy atom. The van der Waals surface area contributed by atoms with Crippen LogP contribution in [0.5, 0.6) is 0 Å². The minimum atomic E-state index is 0.988. The Kier molecular flexibility index (Phi) is 4.47. The molecule has 0 spiro atoms. The van der Waals surface area contributed by atoms with Crippen molar-refractivity contribution >= 4 is 22.7 Å². The molecular formula is C22H20N2S2. The van der Waals surface area contributed by atoms with E-state index in [1.54, 1.807) is 22.7 Å². The van der Waals surface area contributed by atoms with Crippen molar-refractivity contribution in [2.75, 3.05) is 0 Å². The molecule has 0 bridgehead atoms. The summed E-state index contributed by atoms with van der Waals surface area (Å²) in [6.07, 6.45) is 0. The summed E-state index contributed by atoms with van der Waals surface area (Å²) in [7, 11) is 0. The summed E-state index contributed by atoms with van der Waals surface area (Å²) in [5.41, 5.74) is 9.51. The Hall–Kier alpha value is -2.30. The van der Waals surface area contributed by atoms with E-state index in [9.17, 15) is 0 Å². The van der Waals surface area contributed by atoms with Gasteiger partial charge in [-0.05, 0) is 51.0 Å². The van der Waals surface area contributed by atoms with Crippen molar-refractivity contribution in [3.8, 4) is 32.5 Å². The summed E-state index contributed by atoms with van der Waals surface area (Å²) in [6, 6.07) is 13.0. The highest BCUT2D eigenvalue weighted by molar-refractivity contribution is 7.20. The fourth-order valence-electron chi connectivity index (χ4n) is 3.01. The van der Waals surface area contributed by atoms with Gasteiger partial charge in [-0.1, -0.05) is 35.4 Å². The van der Waals surface area contributed by atoms with E-state index in [1.807, 2.05) is 0 Å².